The predicted octanol–water partition coefficient (Wildman–Crippen LogP) is 1.82. The minimum Gasteiger partial charge on any atom is -0.464 e. The Kier molecular flexibility index (Phi) is 10.9. The maximum Gasteiger partial charge on any atom is 0.322 e. The lowest BCUT2D eigenvalue weighted by Crippen LogP contribution is -2.33. The van der Waals surface area contributed by atoms with Crippen molar-refractivity contribution in [1.82, 2.24) is 5.32 Å². The highest BCUT2D eigenvalue weighted by atomic mass is 16.5. The van der Waals surface area contributed by atoms with Gasteiger partial charge in [-0.25, -0.2) is 0 Å². The highest BCUT2D eigenvalue weighted by Crippen LogP contribution is 1.94. The van der Waals surface area contributed by atoms with E-state index in [-0.39, 0.29) is 12.0 Å². The van der Waals surface area contributed by atoms with Crippen molar-refractivity contribution in [2.75, 3.05) is 13.7 Å². The van der Waals surface area contributed by atoms with E-state index in [1.165, 1.54) is 0 Å². The van der Waals surface area contributed by atoms with Gasteiger partial charge in [-0.15, -0.1) is 0 Å². The lowest BCUT2D eigenvalue weighted by atomic mass is 10.2. The van der Waals surface area contributed by atoms with Crippen LogP contribution in [0.4, 0.5) is 0 Å². The molecule has 0 heterocycles. The van der Waals surface area contributed by atoms with Crippen molar-refractivity contribution in [3.05, 3.63) is 0 Å². The van der Waals surface area contributed by atoms with Crippen LogP contribution in [-0.4, -0.2) is 25.7 Å². The highest BCUT2D eigenvalue weighted by Gasteiger charge is 2.11. The van der Waals surface area contributed by atoms with Gasteiger partial charge in [0.05, 0.1) is 6.61 Å². The van der Waals surface area contributed by atoms with Crippen LogP contribution in [0.15, 0.2) is 0 Å². The summed E-state index contributed by atoms with van der Waals surface area (Å²) in [4.78, 5) is 11.0. The zero-order valence-electron chi connectivity index (χ0n) is 9.68. The van der Waals surface area contributed by atoms with E-state index in [0.717, 1.165) is 0 Å². The number of carbonyl (C=O) groups is 1. The van der Waals surface area contributed by atoms with Gasteiger partial charge in [-0.1, -0.05) is 27.7 Å². The molecule has 0 aliphatic rings. The number of likely N-dealkylation sites (N-methyl/N-ethyl adjacent to an activating group) is 1. The van der Waals surface area contributed by atoms with Crippen LogP contribution >= 0.6 is 0 Å². The van der Waals surface area contributed by atoms with Crippen molar-refractivity contribution in [1.29, 1.82) is 0 Å². The van der Waals surface area contributed by atoms with Gasteiger partial charge in [-0.2, -0.15) is 0 Å². The number of nitrogens with one attached hydrogen (secondary N) is 1. The molecule has 0 aliphatic carbocycles. The topological polar surface area (TPSA) is 38.3 Å². The molecule has 0 rings (SSSR count). The van der Waals surface area contributed by atoms with Crippen LogP contribution < -0.4 is 5.32 Å². The fraction of sp³-hybridized carbons (Fsp3) is 0.900. The standard InChI is InChI=1S/C8H17NO2.C2H6/c1-6(2)5-11-8(10)7(3)9-4;1-2/h6-7,9H,5H2,1-4H3;1-2H3. The molecule has 1 unspecified atom stereocenters. The van der Waals surface area contributed by atoms with Crippen LogP contribution in [-0.2, 0) is 9.53 Å². The molecular weight excluding hydrogens is 166 g/mol. The monoisotopic (exact) mass is 189 g/mol. The van der Waals surface area contributed by atoms with E-state index in [1.54, 1.807) is 14.0 Å². The average Bonchev–Trinajstić information content (AvgIpc) is 2.16. The summed E-state index contributed by atoms with van der Waals surface area (Å²) in [5.74, 6) is 0.226. The second-order valence-electron chi connectivity index (χ2n) is 3.03. The summed E-state index contributed by atoms with van der Waals surface area (Å²) >= 11 is 0. The third-order valence-corrected chi connectivity index (χ3v) is 1.35. The molecule has 0 aromatic rings. The maximum atomic E-state index is 11.0. The molecule has 0 saturated carbocycles. The normalized spacial score (nSPS) is 11.6. The maximum absolute atomic E-state index is 11.0. The molecule has 1 N–H and O–H groups in total. The Morgan fingerprint density at radius 1 is 1.31 bits per heavy atom. The van der Waals surface area contributed by atoms with Gasteiger partial charge in [0.2, 0.25) is 0 Å². The van der Waals surface area contributed by atoms with E-state index in [4.69, 9.17) is 4.74 Å². The van der Waals surface area contributed by atoms with Gasteiger partial charge in [0, 0.05) is 0 Å². The Labute approximate surface area is 81.9 Å². The number of hydrogen-bond donors (Lipinski definition) is 1. The second kappa shape index (κ2) is 9.52. The van der Waals surface area contributed by atoms with E-state index in [1.807, 2.05) is 27.7 Å². The molecule has 13 heavy (non-hydrogen) atoms. The van der Waals surface area contributed by atoms with Crippen molar-refractivity contribution >= 4 is 5.97 Å². The molecular formula is C10H23NO2. The van der Waals surface area contributed by atoms with Crippen molar-refractivity contribution < 1.29 is 9.53 Å². The number of hydrogen-bond acceptors (Lipinski definition) is 3. The largest absolute Gasteiger partial charge is 0.464 e. The molecule has 80 valence electrons. The average molecular weight is 189 g/mol. The Balaban J connectivity index is 0. The van der Waals surface area contributed by atoms with Crippen molar-refractivity contribution in [2.45, 2.75) is 40.7 Å². The number of ether oxygens (including phenoxy) is 1. The number of rotatable bonds is 4. The van der Waals surface area contributed by atoms with Crippen molar-refractivity contribution in [3.63, 3.8) is 0 Å². The van der Waals surface area contributed by atoms with Crippen LogP contribution in [0.1, 0.15) is 34.6 Å². The van der Waals surface area contributed by atoms with Gasteiger partial charge in [0.25, 0.3) is 0 Å². The van der Waals surface area contributed by atoms with Crippen LogP contribution in [0.3, 0.4) is 0 Å². The first-order valence-electron chi connectivity index (χ1n) is 4.91. The number of carbonyl (C=O) groups excluding carboxylic acids is 1. The molecule has 3 heteroatoms. The molecule has 0 aromatic carbocycles. The third kappa shape index (κ3) is 9.34. The molecule has 0 spiro atoms. The minimum atomic E-state index is -0.200. The Bertz CT molecular complexity index is 124. The summed E-state index contributed by atoms with van der Waals surface area (Å²) in [6, 6.07) is -0.200. The molecule has 3 nitrogen and oxygen atoms in total. The first-order valence-corrected chi connectivity index (χ1v) is 4.91. The Morgan fingerprint density at radius 2 is 1.77 bits per heavy atom. The summed E-state index contributed by atoms with van der Waals surface area (Å²) < 4.78 is 4.95. The molecule has 1 atom stereocenters. The first kappa shape index (κ1) is 14.9. The zero-order valence-corrected chi connectivity index (χ0v) is 9.68. The van der Waals surface area contributed by atoms with E-state index in [2.05, 4.69) is 5.32 Å². The van der Waals surface area contributed by atoms with Gasteiger partial charge in [-0.05, 0) is 19.9 Å². The fourth-order valence-corrected chi connectivity index (χ4v) is 0.492. The van der Waals surface area contributed by atoms with Crippen LogP contribution in [0.25, 0.3) is 0 Å². The van der Waals surface area contributed by atoms with Gasteiger partial charge in [0.1, 0.15) is 6.04 Å². The quantitative estimate of drug-likeness (QED) is 0.686. The van der Waals surface area contributed by atoms with Gasteiger partial charge in [0.15, 0.2) is 0 Å². The predicted molar refractivity (Wildman–Crippen MR) is 55.7 cm³/mol. The SMILES string of the molecule is CC.CNC(C)C(=O)OCC(C)C. The van der Waals surface area contributed by atoms with Gasteiger partial charge >= 0.3 is 5.97 Å². The van der Waals surface area contributed by atoms with Gasteiger partial charge in [-0.3, -0.25) is 4.79 Å². The smallest absolute Gasteiger partial charge is 0.322 e. The highest BCUT2D eigenvalue weighted by molar-refractivity contribution is 5.75. The Morgan fingerprint density at radius 3 is 2.08 bits per heavy atom. The van der Waals surface area contributed by atoms with Crippen LogP contribution in [0.2, 0.25) is 0 Å². The van der Waals surface area contributed by atoms with Crippen LogP contribution in [0.5, 0.6) is 0 Å². The molecule has 0 bridgehead atoms. The number of esters is 1. The molecule has 0 saturated heterocycles. The minimum absolute atomic E-state index is 0.179. The summed E-state index contributed by atoms with van der Waals surface area (Å²) in [6.45, 7) is 10.3. The third-order valence-electron chi connectivity index (χ3n) is 1.35. The second-order valence-corrected chi connectivity index (χ2v) is 3.03. The molecule has 0 fully saturated rings. The van der Waals surface area contributed by atoms with Crippen molar-refractivity contribution in [2.24, 2.45) is 5.92 Å². The van der Waals surface area contributed by atoms with E-state index < -0.39 is 0 Å². The summed E-state index contributed by atoms with van der Waals surface area (Å²) in [6.07, 6.45) is 0. The lowest BCUT2D eigenvalue weighted by Gasteiger charge is -2.11. The zero-order chi connectivity index (χ0) is 10.9. The van der Waals surface area contributed by atoms with Gasteiger partial charge < -0.3 is 10.1 Å². The summed E-state index contributed by atoms with van der Waals surface area (Å²) in [5, 5.41) is 2.81. The molecule has 0 amide bonds. The Hall–Kier alpha value is -0.570. The lowest BCUT2D eigenvalue weighted by molar-refractivity contribution is -0.146. The molecule has 0 aromatic heterocycles. The molecule has 0 aliphatic heterocycles. The van der Waals surface area contributed by atoms with E-state index in [0.29, 0.717) is 12.5 Å². The summed E-state index contributed by atoms with van der Waals surface area (Å²) in [5.41, 5.74) is 0. The van der Waals surface area contributed by atoms with Crippen LogP contribution in [0, 0.1) is 5.92 Å². The van der Waals surface area contributed by atoms with E-state index >= 15 is 0 Å². The summed E-state index contributed by atoms with van der Waals surface area (Å²) in [7, 11) is 1.74. The van der Waals surface area contributed by atoms with Crippen molar-refractivity contribution in [3.8, 4) is 0 Å². The fourth-order valence-electron chi connectivity index (χ4n) is 0.492. The molecule has 0 radical (unpaired) electrons. The van der Waals surface area contributed by atoms with E-state index in [9.17, 15) is 4.79 Å². The first-order chi connectivity index (χ1) is 6.07.